The Balaban J connectivity index is 1.34. The van der Waals surface area contributed by atoms with Gasteiger partial charge in [0, 0.05) is 36.7 Å². The van der Waals surface area contributed by atoms with E-state index in [-0.39, 0.29) is 11.9 Å². The monoisotopic (exact) mass is 355 g/mol. The van der Waals surface area contributed by atoms with Gasteiger partial charge in [0.15, 0.2) is 5.69 Å². The molecule has 7 nitrogen and oxygen atoms in total. The van der Waals surface area contributed by atoms with Crippen LogP contribution in [-0.2, 0) is 4.74 Å². The maximum absolute atomic E-state index is 12.8. The van der Waals surface area contributed by atoms with Crippen LogP contribution in [0.25, 0.3) is 10.9 Å². The first-order valence-electron chi connectivity index (χ1n) is 9.62. The van der Waals surface area contributed by atoms with Crippen molar-refractivity contribution >= 4 is 22.5 Å². The van der Waals surface area contributed by atoms with E-state index in [4.69, 9.17) is 4.74 Å². The third kappa shape index (κ3) is 2.85. The van der Waals surface area contributed by atoms with E-state index in [1.165, 1.54) is 25.9 Å². The Morgan fingerprint density at radius 3 is 2.73 bits per heavy atom. The Labute approximate surface area is 152 Å². The molecule has 1 amide bonds. The van der Waals surface area contributed by atoms with Gasteiger partial charge in [-0.1, -0.05) is 0 Å². The lowest BCUT2D eigenvalue weighted by molar-refractivity contribution is 0.0618. The molecule has 138 valence electrons. The van der Waals surface area contributed by atoms with E-state index in [2.05, 4.69) is 37.4 Å². The highest BCUT2D eigenvalue weighted by Crippen LogP contribution is 2.28. The van der Waals surface area contributed by atoms with Gasteiger partial charge in [0.05, 0.1) is 18.7 Å². The van der Waals surface area contributed by atoms with Crippen molar-refractivity contribution in [3.05, 3.63) is 23.9 Å². The molecule has 0 spiro atoms. The molecule has 6 rings (SSSR count). The standard InChI is InChI=1S/C19H25N5O2/c25-19(20-17-12-23-5-3-13(17)4-6-23)18-15-2-1-14(11-16(15)21-22-18)24-7-9-26-10-8-24/h1-2,11,13,17H,3-10,12H2,(H,20,25)(H,21,22)/t17-/m0/s1. The number of aromatic amines is 1. The third-order valence-corrected chi connectivity index (χ3v) is 6.11. The Morgan fingerprint density at radius 2 is 2.00 bits per heavy atom. The molecule has 26 heavy (non-hydrogen) atoms. The quantitative estimate of drug-likeness (QED) is 0.866. The summed E-state index contributed by atoms with van der Waals surface area (Å²) in [4.78, 5) is 17.6. The molecule has 0 saturated carbocycles. The van der Waals surface area contributed by atoms with Crippen molar-refractivity contribution < 1.29 is 9.53 Å². The number of piperidine rings is 3. The van der Waals surface area contributed by atoms with E-state index in [1.807, 2.05) is 6.07 Å². The molecule has 4 aliphatic heterocycles. The Morgan fingerprint density at radius 1 is 1.19 bits per heavy atom. The Bertz CT molecular complexity index is 805. The van der Waals surface area contributed by atoms with Gasteiger partial charge in [-0.25, -0.2) is 0 Å². The lowest BCUT2D eigenvalue weighted by atomic mass is 9.84. The third-order valence-electron chi connectivity index (χ3n) is 6.11. The van der Waals surface area contributed by atoms with Gasteiger partial charge >= 0.3 is 0 Å². The normalized spacial score (nSPS) is 28.5. The summed E-state index contributed by atoms with van der Waals surface area (Å²) in [5.41, 5.74) is 2.56. The number of ether oxygens (including phenoxy) is 1. The number of carbonyl (C=O) groups is 1. The number of benzene rings is 1. The molecule has 0 radical (unpaired) electrons. The second-order valence-electron chi connectivity index (χ2n) is 7.62. The van der Waals surface area contributed by atoms with Crippen molar-refractivity contribution in [3.8, 4) is 0 Å². The van der Waals surface area contributed by atoms with Crippen molar-refractivity contribution in [2.24, 2.45) is 5.92 Å². The first kappa shape index (κ1) is 16.1. The summed E-state index contributed by atoms with van der Waals surface area (Å²) < 4.78 is 5.42. The largest absolute Gasteiger partial charge is 0.378 e. The average molecular weight is 355 g/mol. The van der Waals surface area contributed by atoms with E-state index in [1.54, 1.807) is 0 Å². The molecule has 1 aromatic heterocycles. The fourth-order valence-corrected chi connectivity index (χ4v) is 4.56. The minimum absolute atomic E-state index is 0.0610. The van der Waals surface area contributed by atoms with Crippen LogP contribution in [0.5, 0.6) is 0 Å². The average Bonchev–Trinajstić information content (AvgIpc) is 3.13. The maximum atomic E-state index is 12.8. The number of fused-ring (bicyclic) bond motifs is 4. The van der Waals surface area contributed by atoms with Gasteiger partial charge in [-0.3, -0.25) is 9.89 Å². The number of carbonyl (C=O) groups excluding carboxylic acids is 1. The highest BCUT2D eigenvalue weighted by molar-refractivity contribution is 6.05. The van der Waals surface area contributed by atoms with Gasteiger partial charge < -0.3 is 19.9 Å². The van der Waals surface area contributed by atoms with E-state index < -0.39 is 0 Å². The zero-order valence-corrected chi connectivity index (χ0v) is 14.9. The zero-order chi connectivity index (χ0) is 17.5. The van der Waals surface area contributed by atoms with Crippen molar-refractivity contribution in [2.45, 2.75) is 18.9 Å². The Kier molecular flexibility index (Phi) is 4.05. The topological polar surface area (TPSA) is 73.5 Å². The van der Waals surface area contributed by atoms with E-state index in [0.29, 0.717) is 11.6 Å². The smallest absolute Gasteiger partial charge is 0.272 e. The van der Waals surface area contributed by atoms with Crippen LogP contribution in [0.1, 0.15) is 23.3 Å². The first-order valence-corrected chi connectivity index (χ1v) is 9.62. The number of hydrogen-bond acceptors (Lipinski definition) is 5. The molecule has 2 bridgehead atoms. The molecule has 0 unspecified atom stereocenters. The SMILES string of the molecule is O=C(N[C@H]1CN2CCC1CC2)c1n[nH]c2cc(N3CCOCC3)ccc12. The van der Waals surface area contributed by atoms with Gasteiger partial charge in [-0.2, -0.15) is 5.10 Å². The molecular formula is C19H25N5O2. The van der Waals surface area contributed by atoms with Gasteiger partial charge in [0.1, 0.15) is 0 Å². The molecule has 4 aliphatic rings. The number of H-pyrrole nitrogens is 1. The predicted octanol–water partition coefficient (Wildman–Crippen LogP) is 1.22. The van der Waals surface area contributed by atoms with Gasteiger partial charge in [-0.05, 0) is 50.0 Å². The van der Waals surface area contributed by atoms with Crippen LogP contribution in [0, 0.1) is 5.92 Å². The van der Waals surface area contributed by atoms with Crippen LogP contribution in [0.15, 0.2) is 18.2 Å². The minimum Gasteiger partial charge on any atom is -0.378 e. The molecule has 1 aromatic carbocycles. The summed E-state index contributed by atoms with van der Waals surface area (Å²) in [5.74, 6) is 0.552. The number of aromatic nitrogens is 2. The molecule has 7 heteroatoms. The second kappa shape index (κ2) is 6.55. The number of nitrogens with one attached hydrogen (secondary N) is 2. The molecular weight excluding hydrogens is 330 g/mol. The summed E-state index contributed by atoms with van der Waals surface area (Å²) in [6, 6.07) is 6.42. The Hall–Kier alpha value is -2.12. The lowest BCUT2D eigenvalue weighted by Gasteiger charge is -2.44. The van der Waals surface area contributed by atoms with Crippen molar-refractivity contribution in [3.63, 3.8) is 0 Å². The summed E-state index contributed by atoms with van der Waals surface area (Å²) in [6.07, 6.45) is 2.38. The number of anilines is 1. The van der Waals surface area contributed by atoms with Crippen molar-refractivity contribution in [2.75, 3.05) is 50.8 Å². The molecule has 1 atom stereocenters. The fraction of sp³-hybridized carbons (Fsp3) is 0.579. The molecule has 4 fully saturated rings. The van der Waals surface area contributed by atoms with Crippen LogP contribution in [0.4, 0.5) is 5.69 Å². The first-order chi connectivity index (χ1) is 12.8. The van der Waals surface area contributed by atoms with Gasteiger partial charge in [0.25, 0.3) is 5.91 Å². The highest BCUT2D eigenvalue weighted by Gasteiger charge is 2.35. The summed E-state index contributed by atoms with van der Waals surface area (Å²) in [7, 11) is 0. The number of hydrogen-bond donors (Lipinski definition) is 2. The number of morpholine rings is 1. The van der Waals surface area contributed by atoms with Crippen LogP contribution < -0.4 is 10.2 Å². The molecule has 4 saturated heterocycles. The van der Waals surface area contributed by atoms with E-state index >= 15 is 0 Å². The summed E-state index contributed by atoms with van der Waals surface area (Å²) in [5, 5.41) is 11.5. The van der Waals surface area contributed by atoms with Gasteiger partial charge in [-0.15, -0.1) is 0 Å². The molecule has 2 N–H and O–H groups in total. The fourth-order valence-electron chi connectivity index (χ4n) is 4.56. The van der Waals surface area contributed by atoms with E-state index in [9.17, 15) is 4.79 Å². The zero-order valence-electron chi connectivity index (χ0n) is 14.9. The van der Waals surface area contributed by atoms with Gasteiger partial charge in [0.2, 0.25) is 0 Å². The number of nitrogens with zero attached hydrogens (tertiary/aromatic N) is 3. The predicted molar refractivity (Wildman–Crippen MR) is 99.5 cm³/mol. The highest BCUT2D eigenvalue weighted by atomic mass is 16.5. The van der Waals surface area contributed by atoms with Crippen LogP contribution in [-0.4, -0.2) is 73.0 Å². The van der Waals surface area contributed by atoms with Crippen molar-refractivity contribution in [1.29, 1.82) is 0 Å². The molecule has 2 aromatic rings. The van der Waals surface area contributed by atoms with Crippen LogP contribution in [0.3, 0.4) is 0 Å². The second-order valence-corrected chi connectivity index (χ2v) is 7.62. The number of rotatable bonds is 3. The summed E-state index contributed by atoms with van der Waals surface area (Å²) in [6.45, 7) is 6.63. The van der Waals surface area contributed by atoms with Crippen molar-refractivity contribution in [1.82, 2.24) is 20.4 Å². The van der Waals surface area contributed by atoms with E-state index in [0.717, 1.165) is 49.4 Å². The molecule has 5 heterocycles. The minimum atomic E-state index is -0.0610. The van der Waals surface area contributed by atoms with Crippen LogP contribution >= 0.6 is 0 Å². The molecule has 0 aliphatic carbocycles. The number of amides is 1. The van der Waals surface area contributed by atoms with Crippen LogP contribution in [0.2, 0.25) is 0 Å². The summed E-state index contributed by atoms with van der Waals surface area (Å²) >= 11 is 0. The maximum Gasteiger partial charge on any atom is 0.272 e. The lowest BCUT2D eigenvalue weighted by Crippen LogP contribution is -2.57.